The van der Waals surface area contributed by atoms with Crippen molar-refractivity contribution in [1.82, 2.24) is 0 Å². The normalized spacial score (nSPS) is 16.6. The Morgan fingerprint density at radius 1 is 1.15 bits per heavy atom. The van der Waals surface area contributed by atoms with Gasteiger partial charge in [0.25, 0.3) is 0 Å². The Hall–Kier alpha value is -1.07. The number of fused-ring (bicyclic) bond motifs is 1. The minimum absolute atomic E-state index is 0.0300. The zero-order valence-corrected chi connectivity index (χ0v) is 13.7. The fourth-order valence-electron chi connectivity index (χ4n) is 2.26. The Labute approximate surface area is 133 Å². The van der Waals surface area contributed by atoms with E-state index in [4.69, 9.17) is 4.74 Å². The SMILES string of the molecule is Fc1cc(Br)ccc1NCC1Cc2cc(Br)ccc2O1. The van der Waals surface area contributed by atoms with Gasteiger partial charge in [-0.25, -0.2) is 4.39 Å². The predicted octanol–water partition coefficient (Wildman–Crippen LogP) is 4.77. The van der Waals surface area contributed by atoms with Crippen molar-refractivity contribution in [2.45, 2.75) is 12.5 Å². The molecule has 1 N–H and O–H groups in total. The van der Waals surface area contributed by atoms with Crippen molar-refractivity contribution in [3.63, 3.8) is 0 Å². The minimum atomic E-state index is -0.266. The lowest BCUT2D eigenvalue weighted by Crippen LogP contribution is -2.24. The maximum absolute atomic E-state index is 13.7. The monoisotopic (exact) mass is 399 g/mol. The van der Waals surface area contributed by atoms with Crippen molar-refractivity contribution >= 4 is 37.5 Å². The molecule has 3 rings (SSSR count). The summed E-state index contributed by atoms with van der Waals surface area (Å²) in [6.07, 6.45) is 0.863. The van der Waals surface area contributed by atoms with E-state index in [1.54, 1.807) is 6.07 Å². The Kier molecular flexibility index (Phi) is 3.98. The first-order chi connectivity index (χ1) is 9.61. The van der Waals surface area contributed by atoms with Gasteiger partial charge in [0.1, 0.15) is 17.7 Å². The second kappa shape index (κ2) is 5.74. The van der Waals surface area contributed by atoms with E-state index in [1.165, 1.54) is 11.6 Å². The summed E-state index contributed by atoms with van der Waals surface area (Å²) in [6.45, 7) is 0.574. The number of halogens is 3. The summed E-state index contributed by atoms with van der Waals surface area (Å²) >= 11 is 6.69. The van der Waals surface area contributed by atoms with E-state index >= 15 is 0 Å². The number of anilines is 1. The van der Waals surface area contributed by atoms with E-state index in [1.807, 2.05) is 18.2 Å². The van der Waals surface area contributed by atoms with Crippen LogP contribution in [0.25, 0.3) is 0 Å². The molecule has 20 heavy (non-hydrogen) atoms. The maximum atomic E-state index is 13.7. The summed E-state index contributed by atoms with van der Waals surface area (Å²) in [7, 11) is 0. The van der Waals surface area contributed by atoms with E-state index in [2.05, 4.69) is 43.2 Å². The largest absolute Gasteiger partial charge is 0.488 e. The average molecular weight is 401 g/mol. The molecule has 0 saturated carbocycles. The van der Waals surface area contributed by atoms with Gasteiger partial charge in [0.2, 0.25) is 0 Å². The molecule has 0 fully saturated rings. The molecule has 1 unspecified atom stereocenters. The van der Waals surface area contributed by atoms with Gasteiger partial charge in [-0.05, 0) is 42.0 Å². The van der Waals surface area contributed by atoms with Gasteiger partial charge in [0.05, 0.1) is 12.2 Å². The Balaban J connectivity index is 1.63. The summed E-state index contributed by atoms with van der Waals surface area (Å²) in [5.74, 6) is 0.647. The highest BCUT2D eigenvalue weighted by molar-refractivity contribution is 9.10. The smallest absolute Gasteiger partial charge is 0.147 e. The molecule has 0 aromatic heterocycles. The van der Waals surface area contributed by atoms with Gasteiger partial charge in [-0.3, -0.25) is 0 Å². The fraction of sp³-hybridized carbons (Fsp3) is 0.200. The minimum Gasteiger partial charge on any atom is -0.488 e. The quantitative estimate of drug-likeness (QED) is 0.801. The van der Waals surface area contributed by atoms with E-state index in [0.717, 1.165) is 21.1 Å². The van der Waals surface area contributed by atoms with Crippen molar-refractivity contribution in [3.8, 4) is 5.75 Å². The van der Waals surface area contributed by atoms with Gasteiger partial charge >= 0.3 is 0 Å². The molecule has 0 radical (unpaired) electrons. The molecule has 0 bridgehead atoms. The van der Waals surface area contributed by atoms with Gasteiger partial charge in [0.15, 0.2) is 0 Å². The lowest BCUT2D eigenvalue weighted by Gasteiger charge is -2.13. The summed E-state index contributed by atoms with van der Waals surface area (Å²) < 4.78 is 21.3. The lowest BCUT2D eigenvalue weighted by molar-refractivity contribution is 0.246. The maximum Gasteiger partial charge on any atom is 0.147 e. The third-order valence-corrected chi connectivity index (χ3v) is 4.20. The standard InChI is InChI=1S/C15H12Br2FNO/c16-10-2-4-15-9(5-10)6-12(20-15)8-19-14-3-1-11(17)7-13(14)18/h1-5,7,12,19H,6,8H2. The number of ether oxygens (including phenoxy) is 1. The van der Waals surface area contributed by atoms with Crippen LogP contribution in [0.3, 0.4) is 0 Å². The van der Waals surface area contributed by atoms with Crippen molar-refractivity contribution in [3.05, 3.63) is 56.7 Å². The van der Waals surface area contributed by atoms with Crippen LogP contribution in [-0.4, -0.2) is 12.6 Å². The van der Waals surface area contributed by atoms with Crippen LogP contribution in [0.5, 0.6) is 5.75 Å². The van der Waals surface area contributed by atoms with Gasteiger partial charge in [-0.1, -0.05) is 31.9 Å². The molecular formula is C15H12Br2FNO. The fourth-order valence-corrected chi connectivity index (χ4v) is 3.00. The first kappa shape index (κ1) is 13.9. The van der Waals surface area contributed by atoms with E-state index < -0.39 is 0 Å². The van der Waals surface area contributed by atoms with Gasteiger partial charge in [0, 0.05) is 15.4 Å². The molecule has 5 heteroatoms. The van der Waals surface area contributed by atoms with E-state index in [-0.39, 0.29) is 11.9 Å². The first-order valence-corrected chi connectivity index (χ1v) is 7.84. The highest BCUT2D eigenvalue weighted by Crippen LogP contribution is 2.31. The van der Waals surface area contributed by atoms with Crippen LogP contribution < -0.4 is 10.1 Å². The third kappa shape index (κ3) is 2.99. The van der Waals surface area contributed by atoms with Crippen LogP contribution in [-0.2, 0) is 6.42 Å². The number of rotatable bonds is 3. The zero-order valence-electron chi connectivity index (χ0n) is 10.5. The Morgan fingerprint density at radius 3 is 2.70 bits per heavy atom. The van der Waals surface area contributed by atoms with Gasteiger partial charge in [-0.2, -0.15) is 0 Å². The van der Waals surface area contributed by atoms with Crippen LogP contribution in [0.15, 0.2) is 45.3 Å². The zero-order chi connectivity index (χ0) is 14.1. The number of hydrogen-bond donors (Lipinski definition) is 1. The third-order valence-electron chi connectivity index (χ3n) is 3.22. The van der Waals surface area contributed by atoms with Crippen molar-refractivity contribution in [2.24, 2.45) is 0 Å². The molecule has 1 aliphatic rings. The van der Waals surface area contributed by atoms with Crippen LogP contribution in [0.2, 0.25) is 0 Å². The number of benzene rings is 2. The summed E-state index contributed by atoms with van der Waals surface area (Å²) in [5, 5.41) is 3.10. The van der Waals surface area contributed by atoms with Gasteiger partial charge < -0.3 is 10.1 Å². The highest BCUT2D eigenvalue weighted by atomic mass is 79.9. The van der Waals surface area contributed by atoms with Crippen molar-refractivity contribution in [1.29, 1.82) is 0 Å². The Bertz CT molecular complexity index is 648. The molecule has 2 aromatic carbocycles. The summed E-state index contributed by atoms with van der Waals surface area (Å²) in [6, 6.07) is 11.0. The first-order valence-electron chi connectivity index (χ1n) is 6.26. The molecule has 2 nitrogen and oxygen atoms in total. The molecule has 1 aliphatic heterocycles. The van der Waals surface area contributed by atoms with Crippen LogP contribution in [0.4, 0.5) is 10.1 Å². The molecule has 0 aliphatic carbocycles. The molecule has 0 spiro atoms. The molecule has 1 heterocycles. The topological polar surface area (TPSA) is 21.3 Å². The second-order valence-corrected chi connectivity index (χ2v) is 6.53. The second-order valence-electron chi connectivity index (χ2n) is 4.70. The predicted molar refractivity (Wildman–Crippen MR) is 84.9 cm³/mol. The number of hydrogen-bond acceptors (Lipinski definition) is 2. The highest BCUT2D eigenvalue weighted by Gasteiger charge is 2.22. The average Bonchev–Trinajstić information content (AvgIpc) is 2.79. The molecule has 1 atom stereocenters. The number of nitrogens with one attached hydrogen (secondary N) is 1. The summed E-state index contributed by atoms with van der Waals surface area (Å²) in [4.78, 5) is 0. The van der Waals surface area contributed by atoms with Gasteiger partial charge in [-0.15, -0.1) is 0 Å². The van der Waals surface area contributed by atoms with Crippen molar-refractivity contribution < 1.29 is 9.13 Å². The van der Waals surface area contributed by atoms with Crippen LogP contribution >= 0.6 is 31.9 Å². The van der Waals surface area contributed by atoms with E-state index in [9.17, 15) is 4.39 Å². The Morgan fingerprint density at radius 2 is 1.90 bits per heavy atom. The lowest BCUT2D eigenvalue weighted by atomic mass is 10.1. The summed E-state index contributed by atoms with van der Waals surface area (Å²) in [5.41, 5.74) is 1.68. The van der Waals surface area contributed by atoms with Crippen molar-refractivity contribution in [2.75, 3.05) is 11.9 Å². The van der Waals surface area contributed by atoms with Crippen LogP contribution in [0, 0.1) is 5.82 Å². The molecule has 2 aromatic rings. The molecular weight excluding hydrogens is 389 g/mol. The van der Waals surface area contributed by atoms with Crippen LogP contribution in [0.1, 0.15) is 5.56 Å². The molecule has 0 amide bonds. The van der Waals surface area contributed by atoms with E-state index in [0.29, 0.717) is 12.2 Å². The molecule has 104 valence electrons. The molecule has 0 saturated heterocycles.